The molecule has 128 valence electrons. The van der Waals surface area contributed by atoms with Gasteiger partial charge in [-0.15, -0.1) is 0 Å². The summed E-state index contributed by atoms with van der Waals surface area (Å²) in [5.41, 5.74) is -0.233. The zero-order valence-corrected chi connectivity index (χ0v) is 14.6. The summed E-state index contributed by atoms with van der Waals surface area (Å²) >= 11 is 0. The number of ether oxygens (including phenoxy) is 1. The van der Waals surface area contributed by atoms with E-state index in [-0.39, 0.29) is 10.5 Å². The van der Waals surface area contributed by atoms with Crippen molar-refractivity contribution < 1.29 is 18.3 Å². The SMILES string of the molecule is CN(C)CCOc1ccc(C2(O)CC3CCC(C2)S3(=O)=O)cc1. The standard InChI is InChI=1S/C17H25NO4S/c1-18(2)9-10-22-14-5-3-13(4-6-14)17(19)11-15-7-8-16(12-17)23(15,20)21/h3-6,15-16,19H,7-12H2,1-2H3. The summed E-state index contributed by atoms with van der Waals surface area (Å²) in [6.07, 6.45) is 1.99. The normalized spacial score (nSPS) is 32.2. The maximum atomic E-state index is 12.2. The number of aliphatic hydroxyl groups is 1. The Labute approximate surface area is 138 Å². The molecule has 1 N–H and O–H groups in total. The van der Waals surface area contributed by atoms with Crippen LogP contribution in [0.15, 0.2) is 24.3 Å². The number of likely N-dealkylation sites (N-methyl/N-ethyl adjacent to an activating group) is 1. The first-order valence-corrected chi connectivity index (χ1v) is 9.75. The molecule has 23 heavy (non-hydrogen) atoms. The maximum Gasteiger partial charge on any atom is 0.156 e. The maximum absolute atomic E-state index is 12.2. The lowest BCUT2D eigenvalue weighted by molar-refractivity contribution is 0.0173. The molecule has 0 radical (unpaired) electrons. The van der Waals surface area contributed by atoms with Crippen molar-refractivity contribution in [2.45, 2.75) is 41.8 Å². The number of hydrogen-bond acceptors (Lipinski definition) is 5. The van der Waals surface area contributed by atoms with Gasteiger partial charge in [-0.3, -0.25) is 0 Å². The number of benzene rings is 1. The van der Waals surface area contributed by atoms with Crippen LogP contribution < -0.4 is 4.74 Å². The molecule has 2 aliphatic heterocycles. The molecule has 0 aromatic heterocycles. The summed E-state index contributed by atoms with van der Waals surface area (Å²) < 4.78 is 30.0. The monoisotopic (exact) mass is 339 g/mol. The molecule has 0 amide bonds. The van der Waals surface area contributed by atoms with Crippen LogP contribution in [-0.4, -0.2) is 56.2 Å². The Morgan fingerprint density at radius 1 is 1.17 bits per heavy atom. The lowest BCUT2D eigenvalue weighted by Gasteiger charge is -2.36. The molecule has 1 aromatic rings. The van der Waals surface area contributed by atoms with Gasteiger partial charge in [0.25, 0.3) is 0 Å². The zero-order chi connectivity index (χ0) is 16.7. The molecule has 2 heterocycles. The van der Waals surface area contributed by atoms with Crippen LogP contribution in [0.2, 0.25) is 0 Å². The van der Waals surface area contributed by atoms with E-state index < -0.39 is 15.4 Å². The third kappa shape index (κ3) is 3.25. The molecule has 0 saturated carbocycles. The number of rotatable bonds is 5. The first-order valence-electron chi connectivity index (χ1n) is 8.14. The Bertz CT molecular complexity index is 634. The minimum absolute atomic E-state index is 0.312. The predicted octanol–water partition coefficient (Wildman–Crippen LogP) is 1.55. The summed E-state index contributed by atoms with van der Waals surface area (Å²) in [6.45, 7) is 1.45. The fraction of sp³-hybridized carbons (Fsp3) is 0.647. The van der Waals surface area contributed by atoms with Crippen LogP contribution in [0.3, 0.4) is 0 Å². The molecule has 0 aliphatic carbocycles. The second-order valence-corrected chi connectivity index (χ2v) is 9.54. The first kappa shape index (κ1) is 16.7. The average Bonchev–Trinajstić information content (AvgIpc) is 2.66. The number of nitrogens with zero attached hydrogens (tertiary/aromatic N) is 1. The van der Waals surface area contributed by atoms with Gasteiger partial charge in [0.15, 0.2) is 9.84 Å². The molecule has 2 fully saturated rings. The molecule has 2 bridgehead atoms. The van der Waals surface area contributed by atoms with Gasteiger partial charge in [-0.2, -0.15) is 0 Å². The second kappa shape index (κ2) is 6.07. The van der Waals surface area contributed by atoms with Gasteiger partial charge in [0.1, 0.15) is 12.4 Å². The Morgan fingerprint density at radius 3 is 2.26 bits per heavy atom. The molecule has 6 heteroatoms. The summed E-state index contributed by atoms with van der Waals surface area (Å²) in [4.78, 5) is 2.05. The van der Waals surface area contributed by atoms with Crippen molar-refractivity contribution in [3.8, 4) is 5.75 Å². The van der Waals surface area contributed by atoms with E-state index in [9.17, 15) is 13.5 Å². The summed E-state index contributed by atoms with van der Waals surface area (Å²) in [5, 5.41) is 10.2. The van der Waals surface area contributed by atoms with E-state index in [1.807, 2.05) is 38.4 Å². The van der Waals surface area contributed by atoms with Crippen LogP contribution in [0.5, 0.6) is 5.75 Å². The van der Waals surface area contributed by atoms with Crippen LogP contribution in [0.1, 0.15) is 31.2 Å². The van der Waals surface area contributed by atoms with Crippen molar-refractivity contribution in [2.24, 2.45) is 0 Å². The second-order valence-electron chi connectivity index (χ2n) is 7.03. The highest BCUT2D eigenvalue weighted by Crippen LogP contribution is 2.47. The van der Waals surface area contributed by atoms with Crippen molar-refractivity contribution in [1.29, 1.82) is 0 Å². The van der Waals surface area contributed by atoms with Crippen molar-refractivity contribution >= 4 is 9.84 Å². The van der Waals surface area contributed by atoms with E-state index in [0.29, 0.717) is 32.3 Å². The fourth-order valence-corrected chi connectivity index (χ4v) is 6.18. The quantitative estimate of drug-likeness (QED) is 0.882. The van der Waals surface area contributed by atoms with Gasteiger partial charge in [0.2, 0.25) is 0 Å². The summed E-state index contributed by atoms with van der Waals surface area (Å²) in [7, 11) is 0.961. The van der Waals surface area contributed by atoms with Crippen molar-refractivity contribution in [3.05, 3.63) is 29.8 Å². The summed E-state index contributed by atoms with van der Waals surface area (Å²) in [6, 6.07) is 7.44. The van der Waals surface area contributed by atoms with E-state index in [1.165, 1.54) is 0 Å². The molecule has 3 rings (SSSR count). The van der Waals surface area contributed by atoms with E-state index in [0.717, 1.165) is 17.9 Å². The molecule has 1 aromatic carbocycles. The predicted molar refractivity (Wildman–Crippen MR) is 89.4 cm³/mol. The molecule has 0 spiro atoms. The Morgan fingerprint density at radius 2 is 1.74 bits per heavy atom. The smallest absolute Gasteiger partial charge is 0.156 e. The number of fused-ring (bicyclic) bond motifs is 2. The van der Waals surface area contributed by atoms with Gasteiger partial charge in [0, 0.05) is 6.54 Å². The van der Waals surface area contributed by atoms with Gasteiger partial charge >= 0.3 is 0 Å². The van der Waals surface area contributed by atoms with Crippen LogP contribution in [0.4, 0.5) is 0 Å². The largest absolute Gasteiger partial charge is 0.492 e. The van der Waals surface area contributed by atoms with Gasteiger partial charge in [-0.1, -0.05) is 12.1 Å². The number of sulfone groups is 1. The third-order valence-corrected chi connectivity index (χ3v) is 7.73. The lowest BCUT2D eigenvalue weighted by atomic mass is 9.86. The van der Waals surface area contributed by atoms with Gasteiger partial charge in [0.05, 0.1) is 16.1 Å². The number of hydrogen-bond donors (Lipinski definition) is 1. The first-order chi connectivity index (χ1) is 10.8. The van der Waals surface area contributed by atoms with E-state index >= 15 is 0 Å². The average molecular weight is 339 g/mol. The molecule has 2 saturated heterocycles. The molecular weight excluding hydrogens is 314 g/mol. The Kier molecular flexibility index (Phi) is 4.42. The van der Waals surface area contributed by atoms with Gasteiger partial charge < -0.3 is 14.7 Å². The summed E-state index contributed by atoms with van der Waals surface area (Å²) in [5.74, 6) is 0.769. The molecule has 5 nitrogen and oxygen atoms in total. The van der Waals surface area contributed by atoms with Crippen LogP contribution in [-0.2, 0) is 15.4 Å². The van der Waals surface area contributed by atoms with Crippen LogP contribution in [0.25, 0.3) is 0 Å². The van der Waals surface area contributed by atoms with Crippen LogP contribution >= 0.6 is 0 Å². The minimum Gasteiger partial charge on any atom is -0.492 e. The zero-order valence-electron chi connectivity index (χ0n) is 13.7. The van der Waals surface area contributed by atoms with E-state index in [4.69, 9.17) is 4.74 Å². The lowest BCUT2D eigenvalue weighted by Crippen LogP contribution is -2.43. The van der Waals surface area contributed by atoms with E-state index in [2.05, 4.69) is 4.90 Å². The van der Waals surface area contributed by atoms with E-state index in [1.54, 1.807) is 0 Å². The van der Waals surface area contributed by atoms with Gasteiger partial charge in [-0.25, -0.2) is 8.42 Å². The highest BCUT2D eigenvalue weighted by atomic mass is 32.2. The molecule has 2 atom stereocenters. The molecule has 2 unspecified atom stereocenters. The third-order valence-electron chi connectivity index (χ3n) is 5.07. The van der Waals surface area contributed by atoms with Gasteiger partial charge in [-0.05, 0) is 57.5 Å². The highest BCUT2D eigenvalue weighted by Gasteiger charge is 2.53. The molecule has 2 aliphatic rings. The molecular formula is C17H25NO4S. The topological polar surface area (TPSA) is 66.8 Å². The minimum atomic E-state index is -3.03. The van der Waals surface area contributed by atoms with Crippen LogP contribution in [0, 0.1) is 0 Å². The Balaban J connectivity index is 1.70. The Hall–Kier alpha value is -1.11. The van der Waals surface area contributed by atoms with Crippen molar-refractivity contribution in [1.82, 2.24) is 4.90 Å². The fourth-order valence-electron chi connectivity index (χ4n) is 3.69. The highest BCUT2D eigenvalue weighted by molar-refractivity contribution is 7.93. The van der Waals surface area contributed by atoms with Crippen molar-refractivity contribution in [2.75, 3.05) is 27.2 Å². The van der Waals surface area contributed by atoms with Crippen molar-refractivity contribution in [3.63, 3.8) is 0 Å².